The molecule has 0 aliphatic carbocycles. The normalized spacial score (nSPS) is 19.4. The Hall–Kier alpha value is -2.06. The SMILES string of the molecule is N#Cc1ccc(N2CC(CO)OC2=O)cc1. The van der Waals surface area contributed by atoms with Gasteiger partial charge in [0, 0.05) is 5.69 Å². The van der Waals surface area contributed by atoms with Gasteiger partial charge in [0.15, 0.2) is 0 Å². The number of rotatable bonds is 2. The van der Waals surface area contributed by atoms with Crippen molar-refractivity contribution >= 4 is 11.8 Å². The van der Waals surface area contributed by atoms with Gasteiger partial charge in [-0.05, 0) is 24.3 Å². The van der Waals surface area contributed by atoms with Crippen molar-refractivity contribution in [2.75, 3.05) is 18.1 Å². The number of nitrogens with zero attached hydrogens (tertiary/aromatic N) is 2. The number of carbonyl (C=O) groups excluding carboxylic acids is 1. The van der Waals surface area contributed by atoms with Crippen LogP contribution in [-0.4, -0.2) is 30.5 Å². The Labute approximate surface area is 92.5 Å². The molecule has 0 spiro atoms. The van der Waals surface area contributed by atoms with Crippen molar-refractivity contribution < 1.29 is 14.6 Å². The zero-order chi connectivity index (χ0) is 11.5. The molecule has 1 fully saturated rings. The van der Waals surface area contributed by atoms with Crippen LogP contribution in [0, 0.1) is 11.3 Å². The Bertz CT molecular complexity index is 436. The van der Waals surface area contributed by atoms with E-state index in [1.54, 1.807) is 24.3 Å². The van der Waals surface area contributed by atoms with Crippen molar-refractivity contribution in [3.8, 4) is 6.07 Å². The summed E-state index contributed by atoms with van der Waals surface area (Å²) in [4.78, 5) is 12.9. The summed E-state index contributed by atoms with van der Waals surface area (Å²) in [6, 6.07) is 8.63. The first kappa shape index (κ1) is 10.5. The summed E-state index contributed by atoms with van der Waals surface area (Å²) in [5, 5.41) is 17.5. The third-order valence-electron chi connectivity index (χ3n) is 2.39. The molecule has 0 aromatic heterocycles. The van der Waals surface area contributed by atoms with E-state index < -0.39 is 12.2 Å². The fraction of sp³-hybridized carbons (Fsp3) is 0.273. The summed E-state index contributed by atoms with van der Waals surface area (Å²) in [6.45, 7) is 0.153. The predicted molar refractivity (Wildman–Crippen MR) is 55.9 cm³/mol. The number of carbonyl (C=O) groups is 1. The van der Waals surface area contributed by atoms with Crippen molar-refractivity contribution in [1.29, 1.82) is 5.26 Å². The standard InChI is InChI=1S/C11H10N2O3/c12-5-8-1-3-9(4-2-8)13-6-10(7-14)16-11(13)15/h1-4,10,14H,6-7H2. The first-order chi connectivity index (χ1) is 7.74. The van der Waals surface area contributed by atoms with E-state index in [1.807, 2.05) is 6.07 Å². The fourth-order valence-electron chi connectivity index (χ4n) is 1.54. The first-order valence-electron chi connectivity index (χ1n) is 4.84. The van der Waals surface area contributed by atoms with Crippen LogP contribution < -0.4 is 4.90 Å². The molecule has 0 saturated carbocycles. The lowest BCUT2D eigenvalue weighted by Crippen LogP contribution is -2.25. The monoisotopic (exact) mass is 218 g/mol. The molecule has 5 nitrogen and oxygen atoms in total. The molecule has 1 amide bonds. The highest BCUT2D eigenvalue weighted by molar-refractivity contribution is 5.89. The number of hydrogen-bond acceptors (Lipinski definition) is 4. The Morgan fingerprint density at radius 2 is 2.19 bits per heavy atom. The Kier molecular flexibility index (Phi) is 2.75. The first-order valence-corrected chi connectivity index (χ1v) is 4.84. The number of amides is 1. The Balaban J connectivity index is 2.19. The van der Waals surface area contributed by atoms with Crippen LogP contribution in [0.2, 0.25) is 0 Å². The van der Waals surface area contributed by atoms with Gasteiger partial charge in [-0.25, -0.2) is 4.79 Å². The maximum absolute atomic E-state index is 11.4. The van der Waals surface area contributed by atoms with Gasteiger partial charge >= 0.3 is 6.09 Å². The molecule has 0 radical (unpaired) electrons. The van der Waals surface area contributed by atoms with E-state index in [9.17, 15) is 4.79 Å². The summed E-state index contributed by atoms with van der Waals surface area (Å²) >= 11 is 0. The molecule has 5 heteroatoms. The van der Waals surface area contributed by atoms with E-state index in [4.69, 9.17) is 15.1 Å². The third-order valence-corrected chi connectivity index (χ3v) is 2.39. The van der Waals surface area contributed by atoms with Gasteiger partial charge in [0.25, 0.3) is 0 Å². The number of anilines is 1. The zero-order valence-corrected chi connectivity index (χ0v) is 8.46. The Morgan fingerprint density at radius 3 is 2.69 bits per heavy atom. The minimum Gasteiger partial charge on any atom is -0.441 e. The maximum atomic E-state index is 11.4. The molecule has 1 aromatic rings. The molecule has 1 unspecified atom stereocenters. The number of hydrogen-bond donors (Lipinski definition) is 1. The molecule has 1 N–H and O–H groups in total. The molecule has 16 heavy (non-hydrogen) atoms. The highest BCUT2D eigenvalue weighted by Crippen LogP contribution is 2.21. The predicted octanol–water partition coefficient (Wildman–Crippen LogP) is 0.876. The van der Waals surface area contributed by atoms with Crippen LogP contribution in [0.1, 0.15) is 5.56 Å². The zero-order valence-electron chi connectivity index (χ0n) is 8.46. The van der Waals surface area contributed by atoms with Crippen LogP contribution >= 0.6 is 0 Å². The molecule has 1 heterocycles. The lowest BCUT2D eigenvalue weighted by molar-refractivity contribution is 0.0963. The molecule has 0 bridgehead atoms. The summed E-state index contributed by atoms with van der Waals surface area (Å²) in [6.07, 6.45) is -0.938. The highest BCUT2D eigenvalue weighted by Gasteiger charge is 2.31. The van der Waals surface area contributed by atoms with E-state index in [1.165, 1.54) is 4.90 Å². The smallest absolute Gasteiger partial charge is 0.414 e. The van der Waals surface area contributed by atoms with Crippen molar-refractivity contribution in [3.05, 3.63) is 29.8 Å². The van der Waals surface area contributed by atoms with Crippen molar-refractivity contribution in [1.82, 2.24) is 0 Å². The highest BCUT2D eigenvalue weighted by atomic mass is 16.6. The molecule has 1 aliphatic rings. The van der Waals surface area contributed by atoms with Gasteiger partial charge in [-0.2, -0.15) is 5.26 Å². The number of nitriles is 1. The van der Waals surface area contributed by atoms with Crippen LogP contribution in [0.5, 0.6) is 0 Å². The number of cyclic esters (lactones) is 1. The van der Waals surface area contributed by atoms with Gasteiger partial charge in [-0.1, -0.05) is 0 Å². The topological polar surface area (TPSA) is 73.6 Å². The quantitative estimate of drug-likeness (QED) is 0.799. The largest absolute Gasteiger partial charge is 0.441 e. The summed E-state index contributed by atoms with van der Waals surface area (Å²) in [5.41, 5.74) is 1.20. The lowest BCUT2D eigenvalue weighted by atomic mass is 10.2. The van der Waals surface area contributed by atoms with E-state index >= 15 is 0 Å². The van der Waals surface area contributed by atoms with Gasteiger partial charge < -0.3 is 9.84 Å². The maximum Gasteiger partial charge on any atom is 0.414 e. The summed E-state index contributed by atoms with van der Waals surface area (Å²) < 4.78 is 4.91. The number of aliphatic hydroxyl groups is 1. The van der Waals surface area contributed by atoms with Gasteiger partial charge in [0.2, 0.25) is 0 Å². The van der Waals surface area contributed by atoms with Crippen LogP contribution in [0.4, 0.5) is 10.5 Å². The summed E-state index contributed by atoms with van der Waals surface area (Å²) in [7, 11) is 0. The summed E-state index contributed by atoms with van der Waals surface area (Å²) in [5.74, 6) is 0. The second-order valence-corrected chi connectivity index (χ2v) is 3.46. The average molecular weight is 218 g/mol. The molecular formula is C11H10N2O3. The van der Waals surface area contributed by atoms with Gasteiger partial charge in [0.05, 0.1) is 24.8 Å². The van der Waals surface area contributed by atoms with E-state index in [0.717, 1.165) is 0 Å². The molecule has 1 aromatic carbocycles. The van der Waals surface area contributed by atoms with Crippen LogP contribution in [0.3, 0.4) is 0 Å². The molecule has 1 atom stereocenters. The average Bonchev–Trinajstić information content (AvgIpc) is 2.71. The number of ether oxygens (including phenoxy) is 1. The molecule has 1 saturated heterocycles. The number of aliphatic hydroxyl groups excluding tert-OH is 1. The third kappa shape index (κ3) is 1.83. The van der Waals surface area contributed by atoms with Crippen molar-refractivity contribution in [2.45, 2.75) is 6.10 Å². The second kappa shape index (κ2) is 4.21. The molecule has 82 valence electrons. The van der Waals surface area contributed by atoms with Crippen LogP contribution in [0.25, 0.3) is 0 Å². The van der Waals surface area contributed by atoms with Crippen molar-refractivity contribution in [2.24, 2.45) is 0 Å². The second-order valence-electron chi connectivity index (χ2n) is 3.46. The minimum absolute atomic E-state index is 0.182. The lowest BCUT2D eigenvalue weighted by Gasteiger charge is -2.12. The van der Waals surface area contributed by atoms with E-state index in [2.05, 4.69) is 0 Å². The van der Waals surface area contributed by atoms with E-state index in [-0.39, 0.29) is 6.61 Å². The molecule has 2 rings (SSSR count). The minimum atomic E-state index is -0.469. The fourth-order valence-corrected chi connectivity index (χ4v) is 1.54. The van der Waals surface area contributed by atoms with E-state index in [0.29, 0.717) is 17.8 Å². The van der Waals surface area contributed by atoms with Crippen LogP contribution in [-0.2, 0) is 4.74 Å². The molecule has 1 aliphatic heterocycles. The van der Waals surface area contributed by atoms with Crippen molar-refractivity contribution in [3.63, 3.8) is 0 Å². The van der Waals surface area contributed by atoms with Crippen LogP contribution in [0.15, 0.2) is 24.3 Å². The Morgan fingerprint density at radius 1 is 1.50 bits per heavy atom. The number of benzene rings is 1. The van der Waals surface area contributed by atoms with Gasteiger partial charge in [-0.3, -0.25) is 4.90 Å². The molecular weight excluding hydrogens is 208 g/mol. The van der Waals surface area contributed by atoms with Gasteiger partial charge in [0.1, 0.15) is 6.10 Å². The van der Waals surface area contributed by atoms with Gasteiger partial charge in [-0.15, -0.1) is 0 Å².